The maximum Gasteiger partial charge on any atom is 0.201 e. The number of hydrogen-bond donors (Lipinski definition) is 2. The first-order valence-corrected chi connectivity index (χ1v) is 10.1. The maximum atomic E-state index is 10.6. The third kappa shape index (κ3) is 4.65. The number of aromatic nitrogens is 1. The molecule has 2 unspecified atom stereocenters. The number of hydrogen-bond acceptors (Lipinski definition) is 5. The summed E-state index contributed by atoms with van der Waals surface area (Å²) in [6.45, 7) is 1.24. The van der Waals surface area contributed by atoms with Gasteiger partial charge < -0.3 is 4.74 Å². The molecule has 0 saturated heterocycles. The topological polar surface area (TPSA) is 68.3 Å². The number of nitrogens with one attached hydrogen (secondary N) is 1. The first-order valence-electron chi connectivity index (χ1n) is 8.06. The number of benzene rings is 1. The zero-order valence-corrected chi connectivity index (χ0v) is 14.7. The Bertz CT molecular complexity index is 706. The van der Waals surface area contributed by atoms with Crippen molar-refractivity contribution in [3.63, 3.8) is 0 Å². The molecule has 23 heavy (non-hydrogen) atoms. The summed E-state index contributed by atoms with van der Waals surface area (Å²) in [6, 6.07) is 6.02. The van der Waals surface area contributed by atoms with E-state index in [0.29, 0.717) is 25.0 Å². The van der Waals surface area contributed by atoms with Gasteiger partial charge >= 0.3 is 0 Å². The van der Waals surface area contributed by atoms with Crippen LogP contribution in [0, 0.1) is 11.8 Å². The molecule has 1 aromatic carbocycles. The fourth-order valence-corrected chi connectivity index (χ4v) is 4.37. The Morgan fingerprint density at radius 1 is 1.26 bits per heavy atom. The fraction of sp³-hybridized carbons (Fsp3) is 0.562. The zero-order chi connectivity index (χ0) is 16.1. The van der Waals surface area contributed by atoms with Crippen LogP contribution in [0.5, 0.6) is 5.75 Å². The SMILES string of the molecule is O=[SH](=O)NCCC1CCCCC1COc1ccc2ncsc2c1. The third-order valence-corrected chi connectivity index (χ3v) is 5.86. The van der Waals surface area contributed by atoms with E-state index in [1.54, 1.807) is 11.3 Å². The largest absolute Gasteiger partial charge is 0.493 e. The van der Waals surface area contributed by atoms with Gasteiger partial charge in [-0.25, -0.2) is 18.1 Å². The highest BCUT2D eigenvalue weighted by Crippen LogP contribution is 2.33. The van der Waals surface area contributed by atoms with Gasteiger partial charge in [0.2, 0.25) is 10.9 Å². The summed E-state index contributed by atoms with van der Waals surface area (Å²) < 4.78 is 30.9. The van der Waals surface area contributed by atoms with E-state index in [2.05, 4.69) is 15.8 Å². The average molecular weight is 354 g/mol. The molecule has 1 saturated carbocycles. The van der Waals surface area contributed by atoms with Crippen molar-refractivity contribution in [1.82, 2.24) is 9.71 Å². The van der Waals surface area contributed by atoms with E-state index in [4.69, 9.17) is 4.74 Å². The molecule has 0 spiro atoms. The monoisotopic (exact) mass is 354 g/mol. The van der Waals surface area contributed by atoms with Gasteiger partial charge in [-0.15, -0.1) is 11.3 Å². The Hall–Kier alpha value is -1.18. The Labute approximate surface area is 142 Å². The predicted octanol–water partition coefficient (Wildman–Crippen LogP) is 2.99. The zero-order valence-electron chi connectivity index (χ0n) is 12.9. The molecule has 7 heteroatoms. The summed E-state index contributed by atoms with van der Waals surface area (Å²) in [5.41, 5.74) is 2.86. The first-order chi connectivity index (χ1) is 11.2. The Morgan fingerprint density at radius 3 is 2.91 bits per heavy atom. The number of ether oxygens (including phenoxy) is 1. The summed E-state index contributed by atoms with van der Waals surface area (Å²) in [6.07, 6.45) is 5.70. The van der Waals surface area contributed by atoms with Gasteiger partial charge in [0.25, 0.3) is 0 Å². The molecule has 126 valence electrons. The van der Waals surface area contributed by atoms with Crippen LogP contribution in [0.4, 0.5) is 0 Å². The fourth-order valence-electron chi connectivity index (χ4n) is 3.35. The molecular formula is C16H22N2O3S2. The highest BCUT2D eigenvalue weighted by Gasteiger charge is 2.25. The van der Waals surface area contributed by atoms with Crippen LogP contribution in [0.1, 0.15) is 32.1 Å². The van der Waals surface area contributed by atoms with Gasteiger partial charge in [-0.3, -0.25) is 0 Å². The Kier molecular flexibility index (Phi) is 5.85. The van der Waals surface area contributed by atoms with Crippen molar-refractivity contribution < 1.29 is 13.2 Å². The van der Waals surface area contributed by atoms with E-state index in [0.717, 1.165) is 28.8 Å². The number of rotatable bonds is 7. The van der Waals surface area contributed by atoms with E-state index in [1.165, 1.54) is 19.3 Å². The van der Waals surface area contributed by atoms with Gasteiger partial charge in [0.15, 0.2) is 0 Å². The molecule has 0 radical (unpaired) electrons. The number of thiol groups is 1. The minimum absolute atomic E-state index is 0.507. The summed E-state index contributed by atoms with van der Waals surface area (Å²) in [5.74, 6) is 1.94. The van der Waals surface area contributed by atoms with E-state index in [9.17, 15) is 8.42 Å². The minimum Gasteiger partial charge on any atom is -0.493 e. The van der Waals surface area contributed by atoms with Gasteiger partial charge in [-0.05, 0) is 42.9 Å². The summed E-state index contributed by atoms with van der Waals surface area (Å²) in [7, 11) is -2.48. The van der Waals surface area contributed by atoms with Crippen molar-refractivity contribution >= 4 is 32.4 Å². The normalized spacial score (nSPS) is 21.8. The lowest BCUT2D eigenvalue weighted by Crippen LogP contribution is -2.28. The highest BCUT2D eigenvalue weighted by atomic mass is 32.2. The van der Waals surface area contributed by atoms with Crippen molar-refractivity contribution in [2.75, 3.05) is 13.2 Å². The smallest absolute Gasteiger partial charge is 0.201 e. The quantitative estimate of drug-likeness (QED) is 0.750. The predicted molar refractivity (Wildman–Crippen MR) is 93.5 cm³/mol. The first kappa shape index (κ1) is 16.7. The molecule has 0 amide bonds. The Balaban J connectivity index is 1.55. The summed E-state index contributed by atoms with van der Waals surface area (Å²) in [5, 5.41) is 0. The lowest BCUT2D eigenvalue weighted by molar-refractivity contribution is 0.143. The number of thiazole rings is 1. The van der Waals surface area contributed by atoms with Crippen molar-refractivity contribution in [1.29, 1.82) is 0 Å². The van der Waals surface area contributed by atoms with Gasteiger partial charge in [0.05, 0.1) is 22.3 Å². The molecule has 1 N–H and O–H groups in total. The van der Waals surface area contributed by atoms with Crippen LogP contribution in [0.15, 0.2) is 23.7 Å². The molecule has 3 rings (SSSR count). The van der Waals surface area contributed by atoms with E-state index < -0.39 is 10.9 Å². The molecule has 1 fully saturated rings. The van der Waals surface area contributed by atoms with Crippen LogP contribution < -0.4 is 9.46 Å². The Morgan fingerprint density at radius 2 is 2.09 bits per heavy atom. The van der Waals surface area contributed by atoms with Crippen molar-refractivity contribution in [2.24, 2.45) is 11.8 Å². The van der Waals surface area contributed by atoms with Gasteiger partial charge in [-0.2, -0.15) is 0 Å². The molecule has 1 aliphatic rings. The van der Waals surface area contributed by atoms with Gasteiger partial charge in [0.1, 0.15) is 5.75 Å². The van der Waals surface area contributed by atoms with Crippen LogP contribution in [-0.2, 0) is 10.9 Å². The number of fused-ring (bicyclic) bond motifs is 1. The molecule has 1 aliphatic carbocycles. The van der Waals surface area contributed by atoms with Crippen molar-refractivity contribution in [2.45, 2.75) is 32.1 Å². The summed E-state index contributed by atoms with van der Waals surface area (Å²) >= 11 is 1.62. The highest BCUT2D eigenvalue weighted by molar-refractivity contribution is 7.70. The van der Waals surface area contributed by atoms with Crippen LogP contribution in [0.2, 0.25) is 0 Å². The lowest BCUT2D eigenvalue weighted by Gasteiger charge is -2.31. The maximum absolute atomic E-state index is 10.6. The van der Waals surface area contributed by atoms with Gasteiger partial charge in [-0.1, -0.05) is 19.3 Å². The van der Waals surface area contributed by atoms with Crippen LogP contribution in [0.3, 0.4) is 0 Å². The summed E-state index contributed by atoms with van der Waals surface area (Å²) in [4.78, 5) is 4.28. The van der Waals surface area contributed by atoms with E-state index >= 15 is 0 Å². The van der Waals surface area contributed by atoms with Crippen LogP contribution in [-0.4, -0.2) is 26.6 Å². The molecular weight excluding hydrogens is 332 g/mol. The number of nitrogens with zero attached hydrogens (tertiary/aromatic N) is 1. The molecule has 5 nitrogen and oxygen atoms in total. The third-order valence-electron chi connectivity index (χ3n) is 4.59. The molecule has 1 aromatic heterocycles. The average Bonchev–Trinajstić information content (AvgIpc) is 3.01. The van der Waals surface area contributed by atoms with E-state index in [-0.39, 0.29) is 0 Å². The van der Waals surface area contributed by atoms with Crippen LogP contribution in [0.25, 0.3) is 10.2 Å². The molecule has 2 atom stereocenters. The second-order valence-electron chi connectivity index (χ2n) is 6.05. The van der Waals surface area contributed by atoms with Crippen molar-refractivity contribution in [3.05, 3.63) is 23.7 Å². The second-order valence-corrected chi connectivity index (χ2v) is 7.77. The van der Waals surface area contributed by atoms with Crippen molar-refractivity contribution in [3.8, 4) is 5.75 Å². The standard InChI is InChI=1S/C16H22N2O3S2/c19-23(20)18-8-7-12-3-1-2-4-13(12)10-21-14-5-6-15-16(9-14)22-11-17-15/h5-6,9,11-13,23H,1-4,7-8,10H2,(H,18,19,20). The van der Waals surface area contributed by atoms with Crippen LogP contribution >= 0.6 is 11.3 Å². The lowest BCUT2D eigenvalue weighted by atomic mass is 9.78. The minimum atomic E-state index is -2.48. The van der Waals surface area contributed by atoms with E-state index in [1.807, 2.05) is 17.6 Å². The van der Waals surface area contributed by atoms with Gasteiger partial charge in [0, 0.05) is 6.54 Å². The second kappa shape index (κ2) is 8.08. The molecule has 2 aromatic rings. The molecule has 0 bridgehead atoms. The molecule has 0 aliphatic heterocycles. The molecule has 1 heterocycles.